The molecule has 0 aliphatic carbocycles. The Labute approximate surface area is 308 Å². The zero-order chi connectivity index (χ0) is 38.9. The maximum Gasteiger partial charge on any atom is 0.276 e. The van der Waals surface area contributed by atoms with Crippen LogP contribution >= 0.6 is 0 Å². The SMILES string of the molecule is CCn1nc(C)cc1C(=O)Nc1nc2cc(C=O)cc(OC)c2n1C/C=C/CNc1c(N)cc(C=O)cc1OC/C=C/c1cccc(N)c1.CN.CN. The highest BCUT2D eigenvalue weighted by Gasteiger charge is 2.20. The van der Waals surface area contributed by atoms with Gasteiger partial charge in [0.15, 0.2) is 0 Å². The van der Waals surface area contributed by atoms with Crippen LogP contribution in [-0.2, 0) is 13.1 Å². The Morgan fingerprint density at radius 3 is 2.30 bits per heavy atom. The summed E-state index contributed by atoms with van der Waals surface area (Å²) in [7, 11) is 4.51. The van der Waals surface area contributed by atoms with E-state index in [1.165, 1.54) is 21.2 Å². The summed E-state index contributed by atoms with van der Waals surface area (Å²) in [6.45, 7) is 5.14. The molecule has 0 unspecified atom stereocenters. The fourth-order valence-electron chi connectivity index (χ4n) is 5.32. The largest absolute Gasteiger partial charge is 0.494 e. The summed E-state index contributed by atoms with van der Waals surface area (Å²) in [6.07, 6.45) is 8.94. The molecule has 10 N–H and O–H groups in total. The molecule has 15 nitrogen and oxygen atoms in total. The first-order valence-electron chi connectivity index (χ1n) is 16.7. The van der Waals surface area contributed by atoms with Gasteiger partial charge in [-0.25, -0.2) is 4.98 Å². The second-order valence-electron chi connectivity index (χ2n) is 11.0. The summed E-state index contributed by atoms with van der Waals surface area (Å²) in [5, 5.41) is 10.6. The van der Waals surface area contributed by atoms with E-state index in [0.717, 1.165) is 11.3 Å². The summed E-state index contributed by atoms with van der Waals surface area (Å²) in [5.74, 6) is 0.763. The molecule has 280 valence electrons. The number of amides is 1. The number of nitrogen functional groups attached to an aromatic ring is 2. The van der Waals surface area contributed by atoms with Crippen molar-refractivity contribution in [2.45, 2.75) is 26.9 Å². The lowest BCUT2D eigenvalue weighted by Crippen LogP contribution is -2.20. The standard InChI is InChI=1S/C36H38N8O5.2CH5N/c1-4-44-30(15-23(2)42-44)35(47)41-36-40-29-18-26(22-46)20-32(48-3)34(29)43(36)13-6-5-12-39-33-28(38)17-25(21-45)19-31(33)49-14-8-10-24-9-7-11-27(37)16-24;2*1-2/h5-11,15-22,39H,4,12-14,37-38H2,1-3H3,(H,40,41,47);2*2H2,1H3/b6-5+,10-8+;;. The second-order valence-corrected chi connectivity index (χ2v) is 11.0. The highest BCUT2D eigenvalue weighted by Crippen LogP contribution is 2.33. The lowest BCUT2D eigenvalue weighted by molar-refractivity contribution is 0.101. The van der Waals surface area contributed by atoms with Gasteiger partial charge in [0.2, 0.25) is 5.95 Å². The van der Waals surface area contributed by atoms with Gasteiger partial charge in [-0.15, -0.1) is 0 Å². The number of ether oxygens (including phenoxy) is 2. The van der Waals surface area contributed by atoms with Crippen LogP contribution in [0.15, 0.2) is 72.8 Å². The second kappa shape index (κ2) is 20.4. The van der Waals surface area contributed by atoms with Crippen LogP contribution in [0, 0.1) is 6.92 Å². The Bertz CT molecular complexity index is 2070. The Morgan fingerprint density at radius 1 is 0.906 bits per heavy atom. The third kappa shape index (κ3) is 10.5. The number of allylic oxidation sites excluding steroid dienone is 1. The summed E-state index contributed by atoms with van der Waals surface area (Å²) >= 11 is 0. The molecular formula is C38H48N10O5. The fraction of sp³-hybridized carbons (Fsp3) is 0.237. The number of aromatic nitrogens is 4. The number of nitrogens with two attached hydrogens (primary N) is 4. The van der Waals surface area contributed by atoms with E-state index in [4.69, 9.17) is 20.9 Å². The number of hydrogen-bond donors (Lipinski definition) is 6. The minimum absolute atomic E-state index is 0.232. The number of benzene rings is 3. The molecule has 15 heteroatoms. The molecule has 0 bridgehead atoms. The van der Waals surface area contributed by atoms with E-state index in [9.17, 15) is 14.4 Å². The number of nitrogens with one attached hydrogen (secondary N) is 2. The molecule has 0 spiro atoms. The molecule has 0 aliphatic heterocycles. The van der Waals surface area contributed by atoms with Gasteiger partial charge in [0.05, 0.1) is 24.0 Å². The van der Waals surface area contributed by atoms with Crippen molar-refractivity contribution in [2.75, 3.05) is 56.5 Å². The number of hydrogen-bond acceptors (Lipinski definition) is 12. The summed E-state index contributed by atoms with van der Waals surface area (Å²) < 4.78 is 15.0. The third-order valence-corrected chi connectivity index (χ3v) is 7.54. The van der Waals surface area contributed by atoms with Gasteiger partial charge in [-0.05, 0) is 82.0 Å². The summed E-state index contributed by atoms with van der Waals surface area (Å²) in [6, 6.07) is 15.6. The molecule has 2 aromatic heterocycles. The average Bonchev–Trinajstić information content (AvgIpc) is 3.74. The van der Waals surface area contributed by atoms with Gasteiger partial charge in [0, 0.05) is 36.4 Å². The average molecular weight is 725 g/mol. The van der Waals surface area contributed by atoms with Gasteiger partial charge in [-0.2, -0.15) is 5.10 Å². The van der Waals surface area contributed by atoms with Crippen LogP contribution in [0.4, 0.5) is 23.0 Å². The molecule has 1 amide bonds. The van der Waals surface area contributed by atoms with E-state index in [0.29, 0.717) is 88.6 Å². The number of carbonyl (C=O) groups is 3. The molecule has 5 aromatic rings. The lowest BCUT2D eigenvalue weighted by atomic mass is 10.1. The van der Waals surface area contributed by atoms with Crippen LogP contribution in [-0.4, -0.2) is 72.2 Å². The highest BCUT2D eigenvalue weighted by atomic mass is 16.5. The maximum absolute atomic E-state index is 13.3. The molecule has 3 aromatic carbocycles. The number of nitrogens with zero attached hydrogens (tertiary/aromatic N) is 4. The molecule has 2 heterocycles. The van der Waals surface area contributed by atoms with Gasteiger partial charge in [-0.3, -0.25) is 24.4 Å². The highest BCUT2D eigenvalue weighted by molar-refractivity contribution is 6.03. The first kappa shape index (κ1) is 41.0. The van der Waals surface area contributed by atoms with E-state index in [2.05, 4.69) is 32.2 Å². The van der Waals surface area contributed by atoms with E-state index in [1.807, 2.05) is 62.4 Å². The van der Waals surface area contributed by atoms with Gasteiger partial charge in [0.1, 0.15) is 47.6 Å². The molecule has 0 saturated heterocycles. The van der Waals surface area contributed by atoms with Gasteiger partial charge < -0.3 is 42.3 Å². The van der Waals surface area contributed by atoms with Crippen molar-refractivity contribution < 1.29 is 23.9 Å². The van der Waals surface area contributed by atoms with Crippen molar-refractivity contribution >= 4 is 58.6 Å². The van der Waals surface area contributed by atoms with E-state index < -0.39 is 0 Å². The Hall–Kier alpha value is -6.45. The van der Waals surface area contributed by atoms with Crippen LogP contribution < -0.4 is 43.0 Å². The van der Waals surface area contributed by atoms with Crippen LogP contribution in [0.5, 0.6) is 11.5 Å². The Kier molecular flexibility index (Phi) is 15.8. The lowest BCUT2D eigenvalue weighted by Gasteiger charge is -2.15. The summed E-state index contributed by atoms with van der Waals surface area (Å²) in [5.41, 5.74) is 26.6. The topological polar surface area (TPSA) is 233 Å². The smallest absolute Gasteiger partial charge is 0.276 e. The van der Waals surface area contributed by atoms with Crippen LogP contribution in [0.25, 0.3) is 17.1 Å². The first-order chi connectivity index (χ1) is 25.7. The van der Waals surface area contributed by atoms with Crippen molar-refractivity contribution in [3.8, 4) is 11.5 Å². The minimum Gasteiger partial charge on any atom is -0.494 e. The maximum atomic E-state index is 13.3. The predicted octanol–water partition coefficient (Wildman–Crippen LogP) is 4.52. The number of carbonyl (C=O) groups excluding carboxylic acids is 3. The number of imidazole rings is 1. The van der Waals surface area contributed by atoms with Crippen molar-refractivity contribution in [2.24, 2.45) is 11.5 Å². The zero-order valence-corrected chi connectivity index (χ0v) is 30.6. The van der Waals surface area contributed by atoms with Crippen molar-refractivity contribution in [1.82, 2.24) is 19.3 Å². The molecule has 0 saturated carbocycles. The van der Waals surface area contributed by atoms with E-state index in [-0.39, 0.29) is 18.5 Å². The molecular weight excluding hydrogens is 676 g/mol. The number of rotatable bonds is 15. The quantitative estimate of drug-likeness (QED) is 0.0497. The molecule has 53 heavy (non-hydrogen) atoms. The zero-order valence-electron chi connectivity index (χ0n) is 30.6. The van der Waals surface area contributed by atoms with Crippen LogP contribution in [0.1, 0.15) is 49.4 Å². The number of aldehydes is 2. The number of aryl methyl sites for hydroxylation is 2. The number of fused-ring (bicyclic) bond motifs is 1. The fourth-order valence-corrected chi connectivity index (χ4v) is 5.32. The number of anilines is 4. The van der Waals surface area contributed by atoms with Crippen LogP contribution in [0.2, 0.25) is 0 Å². The molecule has 5 rings (SSSR count). The number of methoxy groups -OCH3 is 1. The first-order valence-corrected chi connectivity index (χ1v) is 16.7. The normalized spacial score (nSPS) is 10.7. The van der Waals surface area contributed by atoms with Gasteiger partial charge >= 0.3 is 0 Å². The Balaban J connectivity index is 0.00000183. The van der Waals surface area contributed by atoms with Gasteiger partial charge in [0.25, 0.3) is 5.91 Å². The molecule has 0 aliphatic rings. The molecule has 0 radical (unpaired) electrons. The van der Waals surface area contributed by atoms with Crippen LogP contribution in [0.3, 0.4) is 0 Å². The predicted molar refractivity (Wildman–Crippen MR) is 212 cm³/mol. The monoisotopic (exact) mass is 724 g/mol. The van der Waals surface area contributed by atoms with Crippen molar-refractivity contribution in [3.63, 3.8) is 0 Å². The third-order valence-electron chi connectivity index (χ3n) is 7.54. The molecule has 0 fully saturated rings. The Morgan fingerprint density at radius 2 is 1.62 bits per heavy atom. The summed E-state index contributed by atoms with van der Waals surface area (Å²) in [4.78, 5) is 41.1. The van der Waals surface area contributed by atoms with Crippen molar-refractivity contribution in [3.05, 3.63) is 101 Å². The molecule has 0 atom stereocenters. The van der Waals surface area contributed by atoms with Gasteiger partial charge in [-0.1, -0.05) is 30.4 Å². The van der Waals surface area contributed by atoms with E-state index in [1.54, 1.807) is 39.6 Å². The minimum atomic E-state index is -0.372. The van der Waals surface area contributed by atoms with E-state index >= 15 is 0 Å². The van der Waals surface area contributed by atoms with Crippen molar-refractivity contribution in [1.29, 1.82) is 0 Å².